The quantitative estimate of drug-likeness (QED) is 0.592. The molecule has 0 saturated carbocycles. The van der Waals surface area contributed by atoms with Crippen molar-refractivity contribution in [2.45, 2.75) is 44.6 Å². The third-order valence-corrected chi connectivity index (χ3v) is 4.27. The maximum Gasteiger partial charge on any atom is 0.203 e. The largest absolute Gasteiger partial charge is 0.493 e. The molecule has 136 valence electrons. The zero-order valence-corrected chi connectivity index (χ0v) is 15.0. The molecule has 5 nitrogen and oxygen atoms in total. The van der Waals surface area contributed by atoms with E-state index in [0.717, 1.165) is 26.1 Å². The highest BCUT2D eigenvalue weighted by Gasteiger charge is 2.14. The number of benzene rings is 1. The zero-order valence-electron chi connectivity index (χ0n) is 15.0. The number of para-hydroxylation sites is 1. The molecule has 2 rings (SSSR count). The molecule has 1 aliphatic heterocycles. The van der Waals surface area contributed by atoms with Gasteiger partial charge < -0.3 is 24.3 Å². The maximum absolute atomic E-state index is 5.86. The van der Waals surface area contributed by atoms with Crippen molar-refractivity contribution in [1.29, 1.82) is 0 Å². The van der Waals surface area contributed by atoms with Gasteiger partial charge >= 0.3 is 0 Å². The fourth-order valence-corrected chi connectivity index (χ4v) is 2.91. The van der Waals surface area contributed by atoms with Crippen LogP contribution in [0.2, 0.25) is 0 Å². The lowest BCUT2D eigenvalue weighted by atomic mass is 10.2. The van der Waals surface area contributed by atoms with Gasteiger partial charge in [0.05, 0.1) is 26.9 Å². The van der Waals surface area contributed by atoms with Crippen molar-refractivity contribution >= 4 is 0 Å². The Labute approximate surface area is 145 Å². The molecule has 1 fully saturated rings. The van der Waals surface area contributed by atoms with Gasteiger partial charge in [0.1, 0.15) is 0 Å². The Hall–Kier alpha value is -1.46. The minimum atomic E-state index is 0.439. The number of rotatable bonds is 12. The lowest BCUT2D eigenvalue weighted by Gasteiger charge is -2.14. The van der Waals surface area contributed by atoms with Gasteiger partial charge in [-0.1, -0.05) is 18.9 Å². The summed E-state index contributed by atoms with van der Waals surface area (Å²) in [6.45, 7) is 3.68. The van der Waals surface area contributed by atoms with Gasteiger partial charge in [-0.25, -0.2) is 0 Å². The molecule has 24 heavy (non-hydrogen) atoms. The topological polar surface area (TPSA) is 49.0 Å². The average molecular weight is 337 g/mol. The van der Waals surface area contributed by atoms with Crippen molar-refractivity contribution in [2.24, 2.45) is 0 Å². The van der Waals surface area contributed by atoms with Gasteiger partial charge in [-0.2, -0.15) is 0 Å². The second kappa shape index (κ2) is 11.2. The van der Waals surface area contributed by atoms with Crippen LogP contribution in [0.1, 0.15) is 38.5 Å². The highest BCUT2D eigenvalue weighted by molar-refractivity contribution is 5.51. The first-order valence-corrected chi connectivity index (χ1v) is 9.01. The Morgan fingerprint density at radius 2 is 1.83 bits per heavy atom. The number of hydrogen-bond donors (Lipinski definition) is 1. The van der Waals surface area contributed by atoms with E-state index < -0.39 is 0 Å². The van der Waals surface area contributed by atoms with E-state index in [9.17, 15) is 0 Å². The van der Waals surface area contributed by atoms with Crippen LogP contribution in [0.25, 0.3) is 0 Å². The van der Waals surface area contributed by atoms with Gasteiger partial charge in [0, 0.05) is 13.2 Å². The molecule has 1 atom stereocenters. The Morgan fingerprint density at radius 1 is 1.08 bits per heavy atom. The zero-order chi connectivity index (χ0) is 17.0. The van der Waals surface area contributed by atoms with Crippen LogP contribution in [-0.2, 0) is 4.74 Å². The average Bonchev–Trinajstić information content (AvgIpc) is 3.13. The molecule has 1 unspecified atom stereocenters. The molecule has 1 aliphatic rings. The minimum Gasteiger partial charge on any atom is -0.493 e. The van der Waals surface area contributed by atoms with Gasteiger partial charge in [-0.05, 0) is 44.4 Å². The van der Waals surface area contributed by atoms with Crippen LogP contribution in [0.3, 0.4) is 0 Å². The van der Waals surface area contributed by atoms with Gasteiger partial charge in [0.25, 0.3) is 0 Å². The molecule has 0 bridgehead atoms. The Kier molecular flexibility index (Phi) is 8.77. The van der Waals surface area contributed by atoms with Gasteiger partial charge in [-0.3, -0.25) is 0 Å². The van der Waals surface area contributed by atoms with Crippen LogP contribution in [0, 0.1) is 0 Å². The molecule has 1 saturated heterocycles. The molecule has 1 aromatic rings. The molecule has 0 spiro atoms. The van der Waals surface area contributed by atoms with E-state index in [4.69, 9.17) is 18.9 Å². The molecular formula is C19H31NO4. The second-order valence-corrected chi connectivity index (χ2v) is 6.09. The molecule has 1 N–H and O–H groups in total. The van der Waals surface area contributed by atoms with Crippen LogP contribution < -0.4 is 19.5 Å². The van der Waals surface area contributed by atoms with E-state index >= 15 is 0 Å². The highest BCUT2D eigenvalue weighted by atomic mass is 16.5. The summed E-state index contributed by atoms with van der Waals surface area (Å²) in [5.41, 5.74) is 0. The molecule has 0 aromatic heterocycles. The van der Waals surface area contributed by atoms with Crippen molar-refractivity contribution in [2.75, 3.05) is 40.5 Å². The first-order chi connectivity index (χ1) is 11.8. The second-order valence-electron chi connectivity index (χ2n) is 6.09. The molecule has 0 amide bonds. The summed E-state index contributed by atoms with van der Waals surface area (Å²) in [4.78, 5) is 0. The molecule has 0 radical (unpaired) electrons. The molecule has 1 aromatic carbocycles. The van der Waals surface area contributed by atoms with Crippen LogP contribution in [0.15, 0.2) is 18.2 Å². The van der Waals surface area contributed by atoms with E-state index in [-0.39, 0.29) is 0 Å². The van der Waals surface area contributed by atoms with Crippen LogP contribution in [-0.4, -0.2) is 46.6 Å². The standard InChI is InChI=1S/C19H31NO4/c1-21-17-10-7-11-18(22-2)19(17)24-13-6-4-3-5-12-20-15-16-9-8-14-23-16/h7,10-11,16,20H,3-6,8-9,12-15H2,1-2H3. The molecule has 0 aliphatic carbocycles. The Bertz CT molecular complexity index is 438. The number of unbranched alkanes of at least 4 members (excludes halogenated alkanes) is 3. The summed E-state index contributed by atoms with van der Waals surface area (Å²) < 4.78 is 22.1. The molecular weight excluding hydrogens is 306 g/mol. The summed E-state index contributed by atoms with van der Waals surface area (Å²) in [6.07, 6.45) is 7.47. The van der Waals surface area contributed by atoms with Crippen LogP contribution in [0.4, 0.5) is 0 Å². The first kappa shape index (κ1) is 18.9. The van der Waals surface area contributed by atoms with E-state index in [1.165, 1.54) is 32.1 Å². The lowest BCUT2D eigenvalue weighted by molar-refractivity contribution is 0.110. The van der Waals surface area contributed by atoms with Crippen molar-refractivity contribution < 1.29 is 18.9 Å². The van der Waals surface area contributed by atoms with E-state index in [0.29, 0.717) is 30.0 Å². The fourth-order valence-electron chi connectivity index (χ4n) is 2.91. The monoisotopic (exact) mass is 337 g/mol. The summed E-state index contributed by atoms with van der Waals surface area (Å²) in [6, 6.07) is 5.67. The van der Waals surface area contributed by atoms with Crippen molar-refractivity contribution in [3.8, 4) is 17.2 Å². The Balaban J connectivity index is 1.52. The van der Waals surface area contributed by atoms with Gasteiger partial charge in [-0.15, -0.1) is 0 Å². The summed E-state index contributed by atoms with van der Waals surface area (Å²) in [7, 11) is 3.29. The van der Waals surface area contributed by atoms with E-state index in [1.807, 2.05) is 18.2 Å². The van der Waals surface area contributed by atoms with Crippen LogP contribution >= 0.6 is 0 Å². The van der Waals surface area contributed by atoms with E-state index in [1.54, 1.807) is 14.2 Å². The van der Waals surface area contributed by atoms with Crippen molar-refractivity contribution in [3.63, 3.8) is 0 Å². The SMILES string of the molecule is COc1cccc(OC)c1OCCCCCCNCC1CCCO1. The Morgan fingerprint density at radius 3 is 2.50 bits per heavy atom. The predicted molar refractivity (Wildman–Crippen MR) is 95.4 cm³/mol. The van der Waals surface area contributed by atoms with Crippen molar-refractivity contribution in [3.05, 3.63) is 18.2 Å². The summed E-state index contributed by atoms with van der Waals surface area (Å²) in [5, 5.41) is 3.48. The number of ether oxygens (including phenoxy) is 4. The molecule has 5 heteroatoms. The fraction of sp³-hybridized carbons (Fsp3) is 0.684. The minimum absolute atomic E-state index is 0.439. The smallest absolute Gasteiger partial charge is 0.203 e. The van der Waals surface area contributed by atoms with E-state index in [2.05, 4.69) is 5.32 Å². The first-order valence-electron chi connectivity index (χ1n) is 9.01. The molecule has 1 heterocycles. The van der Waals surface area contributed by atoms with Crippen LogP contribution in [0.5, 0.6) is 17.2 Å². The van der Waals surface area contributed by atoms with Gasteiger partial charge in [0.2, 0.25) is 5.75 Å². The normalized spacial score (nSPS) is 17.0. The predicted octanol–water partition coefficient (Wildman–Crippen LogP) is 3.41. The maximum atomic E-state index is 5.86. The number of hydrogen-bond acceptors (Lipinski definition) is 5. The lowest BCUT2D eigenvalue weighted by Crippen LogP contribution is -2.26. The summed E-state index contributed by atoms with van der Waals surface area (Å²) >= 11 is 0. The van der Waals surface area contributed by atoms with Gasteiger partial charge in [0.15, 0.2) is 11.5 Å². The highest BCUT2D eigenvalue weighted by Crippen LogP contribution is 2.36. The third-order valence-electron chi connectivity index (χ3n) is 4.27. The number of nitrogens with one attached hydrogen (secondary N) is 1. The summed E-state index contributed by atoms with van der Waals surface area (Å²) in [5.74, 6) is 2.13. The van der Waals surface area contributed by atoms with Crippen molar-refractivity contribution in [1.82, 2.24) is 5.32 Å². The third kappa shape index (κ3) is 6.21. The number of methoxy groups -OCH3 is 2.